The number of hydrogen-bond acceptors (Lipinski definition) is 6. The number of aliphatic carboxylic acids is 1. The Labute approximate surface area is 235 Å². The van der Waals surface area contributed by atoms with E-state index in [4.69, 9.17) is 8.83 Å². The van der Waals surface area contributed by atoms with Gasteiger partial charge in [-0.25, -0.2) is 9.59 Å². The molecule has 1 atom stereocenters. The largest absolute Gasteiger partial charge is 0.480 e. The zero-order valence-corrected chi connectivity index (χ0v) is 23.0. The lowest BCUT2D eigenvalue weighted by atomic mass is 9.98. The molecule has 0 fully saturated rings. The van der Waals surface area contributed by atoms with Crippen LogP contribution in [-0.2, 0) is 21.8 Å². The minimum Gasteiger partial charge on any atom is -0.480 e. The third-order valence-electron chi connectivity index (χ3n) is 6.97. The first-order valence-electron chi connectivity index (χ1n) is 13.0. The van der Waals surface area contributed by atoms with Gasteiger partial charge >= 0.3 is 11.6 Å². The quantitative estimate of drug-likeness (QED) is 0.196. The number of carboxylic acid groups (broad SMARTS) is 1. The van der Waals surface area contributed by atoms with E-state index in [1.54, 1.807) is 6.07 Å². The van der Waals surface area contributed by atoms with Crippen LogP contribution < -0.4 is 10.9 Å². The number of nitrogens with one attached hydrogen (secondary N) is 1. The predicted molar refractivity (Wildman–Crippen MR) is 158 cm³/mol. The van der Waals surface area contributed by atoms with Crippen LogP contribution in [0.25, 0.3) is 33.1 Å². The first kappa shape index (κ1) is 27.3. The Morgan fingerprint density at radius 2 is 1.60 bits per heavy atom. The summed E-state index contributed by atoms with van der Waals surface area (Å²) < 4.78 is 11.6. The lowest BCUT2D eigenvalue weighted by Crippen LogP contribution is -2.42. The molecule has 1 amide bonds. The zero-order valence-electron chi connectivity index (χ0n) is 22.2. The van der Waals surface area contributed by atoms with E-state index in [1.807, 2.05) is 80.6 Å². The van der Waals surface area contributed by atoms with E-state index in [2.05, 4.69) is 5.32 Å². The highest BCUT2D eigenvalue weighted by molar-refractivity contribution is 7.98. The van der Waals surface area contributed by atoms with Crippen LogP contribution in [0.1, 0.15) is 28.9 Å². The summed E-state index contributed by atoms with van der Waals surface area (Å²) in [5, 5.41) is 13.9. The van der Waals surface area contributed by atoms with Crippen molar-refractivity contribution in [2.24, 2.45) is 0 Å². The Morgan fingerprint density at radius 1 is 0.925 bits per heavy atom. The van der Waals surface area contributed by atoms with E-state index in [1.165, 1.54) is 11.8 Å². The summed E-state index contributed by atoms with van der Waals surface area (Å²) in [5.41, 5.74) is 4.74. The number of furan rings is 1. The number of hydrogen-bond donors (Lipinski definition) is 2. The van der Waals surface area contributed by atoms with Crippen LogP contribution in [0.15, 0.2) is 86.4 Å². The average molecular weight is 556 g/mol. The number of benzene rings is 3. The summed E-state index contributed by atoms with van der Waals surface area (Å²) >= 11 is 1.44. The Bertz CT molecular complexity index is 1740. The molecule has 8 heteroatoms. The van der Waals surface area contributed by atoms with E-state index < -0.39 is 23.5 Å². The molecule has 1 unspecified atom stereocenters. The Kier molecular flexibility index (Phi) is 8.07. The fourth-order valence-electron chi connectivity index (χ4n) is 4.90. The molecular weight excluding hydrogens is 526 g/mol. The Morgan fingerprint density at radius 3 is 2.30 bits per heavy atom. The lowest BCUT2D eigenvalue weighted by Gasteiger charge is -2.14. The average Bonchev–Trinajstić information content (AvgIpc) is 3.26. The molecule has 0 spiro atoms. The van der Waals surface area contributed by atoms with E-state index in [9.17, 15) is 19.5 Å². The summed E-state index contributed by atoms with van der Waals surface area (Å²) in [5.74, 6) is 0.121. The third kappa shape index (κ3) is 5.82. The summed E-state index contributed by atoms with van der Waals surface area (Å²) in [6.45, 7) is 3.75. The van der Waals surface area contributed by atoms with Crippen molar-refractivity contribution in [1.29, 1.82) is 0 Å². The molecule has 5 rings (SSSR count). The first-order chi connectivity index (χ1) is 19.3. The van der Waals surface area contributed by atoms with E-state index in [0.29, 0.717) is 22.5 Å². The molecule has 0 bridgehead atoms. The van der Waals surface area contributed by atoms with Crippen LogP contribution in [0.2, 0.25) is 0 Å². The van der Waals surface area contributed by atoms with Crippen molar-refractivity contribution in [3.63, 3.8) is 0 Å². The maximum Gasteiger partial charge on any atom is 0.339 e. The standard InChI is InChI=1S/C32H29NO6S/c1-19-23(13-14-29(34)33-26(31(35)36)18-40-17-21-9-5-3-6-10-21)32(37)39-27-16-28-25(15-24(19)27)30(20(2)38-28)22-11-7-4-8-12-22/h3-12,15-16,26H,13-14,17-18H2,1-2H3,(H,33,34)(H,35,36). The number of thioether (sulfide) groups is 1. The minimum absolute atomic E-state index is 0.0352. The van der Waals surface area contributed by atoms with Gasteiger partial charge in [0, 0.05) is 45.9 Å². The third-order valence-corrected chi connectivity index (χ3v) is 8.07. The second-order valence-corrected chi connectivity index (χ2v) is 10.7. The van der Waals surface area contributed by atoms with Crippen molar-refractivity contribution < 1.29 is 23.5 Å². The van der Waals surface area contributed by atoms with Crippen LogP contribution in [-0.4, -0.2) is 28.8 Å². The maximum atomic E-state index is 12.9. The Balaban J connectivity index is 1.33. The van der Waals surface area contributed by atoms with Crippen LogP contribution in [0.4, 0.5) is 0 Å². The fourth-order valence-corrected chi connectivity index (χ4v) is 5.91. The van der Waals surface area contributed by atoms with Crippen LogP contribution >= 0.6 is 11.8 Å². The summed E-state index contributed by atoms with van der Waals surface area (Å²) in [4.78, 5) is 37.3. The molecule has 0 saturated heterocycles. The fraction of sp³-hybridized carbons (Fsp3) is 0.219. The number of carbonyl (C=O) groups is 2. The lowest BCUT2D eigenvalue weighted by molar-refractivity contribution is -0.141. The zero-order chi connectivity index (χ0) is 28.2. The second kappa shape index (κ2) is 11.8. The van der Waals surface area contributed by atoms with Crippen molar-refractivity contribution in [3.05, 3.63) is 106 Å². The van der Waals surface area contributed by atoms with Crippen LogP contribution in [0.3, 0.4) is 0 Å². The highest BCUT2D eigenvalue weighted by atomic mass is 32.2. The SMILES string of the molecule is Cc1oc2cc3oc(=O)c(CCC(=O)NC(CSCc4ccccc4)C(=O)O)c(C)c3cc2c1-c1ccccc1. The van der Waals surface area contributed by atoms with Crippen LogP contribution in [0, 0.1) is 13.8 Å². The van der Waals surface area contributed by atoms with Gasteiger partial charge in [-0.05, 0) is 43.0 Å². The molecule has 2 heterocycles. The smallest absolute Gasteiger partial charge is 0.339 e. The normalized spacial score (nSPS) is 12.1. The molecule has 40 heavy (non-hydrogen) atoms. The highest BCUT2D eigenvalue weighted by Gasteiger charge is 2.22. The van der Waals surface area contributed by atoms with Gasteiger partial charge < -0.3 is 19.3 Å². The van der Waals surface area contributed by atoms with Gasteiger partial charge in [-0.3, -0.25) is 4.79 Å². The van der Waals surface area contributed by atoms with Crippen molar-refractivity contribution in [2.45, 2.75) is 38.5 Å². The highest BCUT2D eigenvalue weighted by Crippen LogP contribution is 2.37. The van der Waals surface area contributed by atoms with E-state index in [0.717, 1.165) is 38.8 Å². The molecular formula is C32H29NO6S. The number of carboxylic acids is 1. The molecule has 0 aliphatic carbocycles. The predicted octanol–water partition coefficient (Wildman–Crippen LogP) is 6.26. The topological polar surface area (TPSA) is 110 Å². The number of fused-ring (bicyclic) bond motifs is 2. The van der Waals surface area contributed by atoms with Gasteiger partial charge in [-0.15, -0.1) is 0 Å². The molecule has 2 aromatic heterocycles. The van der Waals surface area contributed by atoms with Gasteiger partial charge in [-0.1, -0.05) is 60.7 Å². The number of amides is 1. The van der Waals surface area contributed by atoms with Gasteiger partial charge in [-0.2, -0.15) is 11.8 Å². The number of aryl methyl sites for hydroxylation is 2. The van der Waals surface area contributed by atoms with Crippen LogP contribution in [0.5, 0.6) is 0 Å². The molecule has 0 aliphatic rings. The maximum absolute atomic E-state index is 12.9. The minimum atomic E-state index is -1.09. The van der Waals surface area contributed by atoms with Gasteiger partial charge in [0.05, 0.1) is 0 Å². The summed E-state index contributed by atoms with van der Waals surface area (Å²) in [7, 11) is 0. The first-order valence-corrected chi connectivity index (χ1v) is 14.2. The second-order valence-electron chi connectivity index (χ2n) is 9.70. The molecule has 5 aromatic rings. The molecule has 0 saturated carbocycles. The Hall–Kier alpha value is -4.30. The summed E-state index contributed by atoms with van der Waals surface area (Å²) in [6, 6.07) is 22.4. The molecule has 0 radical (unpaired) electrons. The number of rotatable bonds is 10. The molecule has 7 nitrogen and oxygen atoms in total. The van der Waals surface area contributed by atoms with Gasteiger partial charge in [0.2, 0.25) is 5.91 Å². The van der Waals surface area contributed by atoms with Crippen molar-refractivity contribution in [3.8, 4) is 11.1 Å². The van der Waals surface area contributed by atoms with E-state index in [-0.39, 0.29) is 18.6 Å². The molecule has 204 valence electrons. The molecule has 0 aliphatic heterocycles. The van der Waals surface area contributed by atoms with Crippen molar-refractivity contribution in [2.75, 3.05) is 5.75 Å². The van der Waals surface area contributed by atoms with Crippen molar-refractivity contribution in [1.82, 2.24) is 5.32 Å². The van der Waals surface area contributed by atoms with Gasteiger partial charge in [0.15, 0.2) is 0 Å². The molecule has 2 N–H and O–H groups in total. The van der Waals surface area contributed by atoms with Gasteiger partial charge in [0.1, 0.15) is 23.0 Å². The monoisotopic (exact) mass is 555 g/mol. The summed E-state index contributed by atoms with van der Waals surface area (Å²) in [6.07, 6.45) is 0.0972. The number of carbonyl (C=O) groups excluding carboxylic acids is 1. The van der Waals surface area contributed by atoms with E-state index >= 15 is 0 Å². The van der Waals surface area contributed by atoms with Gasteiger partial charge in [0.25, 0.3) is 0 Å². The van der Waals surface area contributed by atoms with Crippen molar-refractivity contribution >= 4 is 45.6 Å². The molecule has 3 aromatic carbocycles.